The van der Waals surface area contributed by atoms with Crippen LogP contribution in [0.5, 0.6) is 0 Å². The highest BCUT2D eigenvalue weighted by atomic mass is 16.5. The highest BCUT2D eigenvalue weighted by Crippen LogP contribution is 2.25. The first-order valence-electron chi connectivity index (χ1n) is 6.81. The minimum absolute atomic E-state index is 0.0275. The molecule has 1 atom stereocenters. The van der Waals surface area contributed by atoms with Crippen molar-refractivity contribution in [2.75, 3.05) is 6.61 Å². The van der Waals surface area contributed by atoms with Crippen molar-refractivity contribution in [3.05, 3.63) is 34.9 Å². The van der Waals surface area contributed by atoms with Crippen LogP contribution in [0.1, 0.15) is 48.9 Å². The van der Waals surface area contributed by atoms with Crippen LogP contribution in [0.4, 0.5) is 0 Å². The second kappa shape index (κ2) is 6.68. The van der Waals surface area contributed by atoms with E-state index in [2.05, 4.69) is 18.2 Å². The zero-order valence-electron chi connectivity index (χ0n) is 11.4. The highest BCUT2D eigenvalue weighted by Gasteiger charge is 2.14. The normalized spacial score (nSPS) is 15.1. The molecule has 1 aliphatic heterocycles. The standard InChI is InChI=1S/C15H21NO3/c1-2-19-15(17)5-3-4-14(16)11-6-7-12-9-18-10-13(12)8-11/h6-8,14H,2-5,9-10,16H2,1H3. The van der Waals surface area contributed by atoms with Crippen molar-refractivity contribution in [3.8, 4) is 0 Å². The van der Waals surface area contributed by atoms with Crippen LogP contribution in [0.25, 0.3) is 0 Å². The van der Waals surface area contributed by atoms with Gasteiger partial charge in [0.1, 0.15) is 0 Å². The molecule has 4 heteroatoms. The minimum atomic E-state index is -0.142. The quantitative estimate of drug-likeness (QED) is 0.801. The van der Waals surface area contributed by atoms with Crippen LogP contribution in [0, 0.1) is 0 Å². The summed E-state index contributed by atoms with van der Waals surface area (Å²) >= 11 is 0. The average molecular weight is 263 g/mol. The highest BCUT2D eigenvalue weighted by molar-refractivity contribution is 5.69. The predicted molar refractivity (Wildman–Crippen MR) is 72.3 cm³/mol. The summed E-state index contributed by atoms with van der Waals surface area (Å²) in [5.74, 6) is -0.142. The van der Waals surface area contributed by atoms with Gasteiger partial charge in [-0.3, -0.25) is 4.79 Å². The molecule has 2 N–H and O–H groups in total. The smallest absolute Gasteiger partial charge is 0.305 e. The number of carbonyl (C=O) groups is 1. The van der Waals surface area contributed by atoms with E-state index in [-0.39, 0.29) is 12.0 Å². The van der Waals surface area contributed by atoms with Gasteiger partial charge in [-0.05, 0) is 36.5 Å². The van der Waals surface area contributed by atoms with E-state index in [0.717, 1.165) is 18.4 Å². The Hall–Kier alpha value is -1.39. The van der Waals surface area contributed by atoms with Gasteiger partial charge < -0.3 is 15.2 Å². The van der Waals surface area contributed by atoms with Crippen molar-refractivity contribution < 1.29 is 14.3 Å². The number of ether oxygens (including phenoxy) is 2. The fourth-order valence-electron chi connectivity index (χ4n) is 2.29. The maximum Gasteiger partial charge on any atom is 0.305 e. The molecule has 1 unspecified atom stereocenters. The lowest BCUT2D eigenvalue weighted by molar-refractivity contribution is -0.143. The average Bonchev–Trinajstić information content (AvgIpc) is 2.86. The molecule has 0 saturated heterocycles. The maximum atomic E-state index is 11.2. The van der Waals surface area contributed by atoms with E-state index in [1.165, 1.54) is 11.1 Å². The Morgan fingerprint density at radius 2 is 2.21 bits per heavy atom. The minimum Gasteiger partial charge on any atom is -0.466 e. The number of fused-ring (bicyclic) bond motifs is 1. The van der Waals surface area contributed by atoms with Gasteiger partial charge in [-0.25, -0.2) is 0 Å². The molecule has 0 aromatic heterocycles. The molecule has 1 aliphatic rings. The first kappa shape index (κ1) is 14.0. The summed E-state index contributed by atoms with van der Waals surface area (Å²) in [4.78, 5) is 11.2. The molecule has 1 aromatic carbocycles. The van der Waals surface area contributed by atoms with E-state index in [4.69, 9.17) is 15.2 Å². The molecule has 19 heavy (non-hydrogen) atoms. The van der Waals surface area contributed by atoms with Crippen molar-refractivity contribution >= 4 is 5.97 Å². The number of rotatable bonds is 6. The Morgan fingerprint density at radius 3 is 3.00 bits per heavy atom. The fraction of sp³-hybridized carbons (Fsp3) is 0.533. The molecule has 0 aliphatic carbocycles. The summed E-state index contributed by atoms with van der Waals surface area (Å²) in [7, 11) is 0. The number of hydrogen-bond donors (Lipinski definition) is 1. The summed E-state index contributed by atoms with van der Waals surface area (Å²) in [5.41, 5.74) is 9.76. The van der Waals surface area contributed by atoms with Crippen LogP contribution < -0.4 is 5.73 Å². The van der Waals surface area contributed by atoms with Crippen molar-refractivity contribution in [3.63, 3.8) is 0 Å². The Balaban J connectivity index is 1.83. The largest absolute Gasteiger partial charge is 0.466 e. The number of benzene rings is 1. The van der Waals surface area contributed by atoms with E-state index in [1.807, 2.05) is 6.92 Å². The number of carbonyl (C=O) groups excluding carboxylic acids is 1. The summed E-state index contributed by atoms with van der Waals surface area (Å²) < 4.78 is 10.3. The third-order valence-corrected chi connectivity index (χ3v) is 3.37. The summed E-state index contributed by atoms with van der Waals surface area (Å²) in [5, 5.41) is 0. The fourth-order valence-corrected chi connectivity index (χ4v) is 2.29. The molecule has 0 spiro atoms. The molecule has 0 amide bonds. The third kappa shape index (κ3) is 3.78. The zero-order valence-corrected chi connectivity index (χ0v) is 11.4. The van der Waals surface area contributed by atoms with Crippen LogP contribution >= 0.6 is 0 Å². The van der Waals surface area contributed by atoms with Gasteiger partial charge in [-0.1, -0.05) is 18.2 Å². The van der Waals surface area contributed by atoms with Gasteiger partial charge >= 0.3 is 5.97 Å². The van der Waals surface area contributed by atoms with Gasteiger partial charge in [0.25, 0.3) is 0 Å². The molecular formula is C15H21NO3. The molecule has 2 rings (SSSR count). The Morgan fingerprint density at radius 1 is 1.42 bits per heavy atom. The van der Waals surface area contributed by atoms with E-state index < -0.39 is 0 Å². The van der Waals surface area contributed by atoms with E-state index >= 15 is 0 Å². The Labute approximate surface area is 113 Å². The first-order valence-corrected chi connectivity index (χ1v) is 6.81. The molecule has 0 bridgehead atoms. The molecule has 1 heterocycles. The molecule has 0 saturated carbocycles. The lowest BCUT2D eigenvalue weighted by Crippen LogP contribution is -2.12. The summed E-state index contributed by atoms with van der Waals surface area (Å²) in [6.07, 6.45) is 1.99. The lowest BCUT2D eigenvalue weighted by Gasteiger charge is -2.13. The van der Waals surface area contributed by atoms with Gasteiger partial charge in [0, 0.05) is 12.5 Å². The van der Waals surface area contributed by atoms with E-state index in [0.29, 0.717) is 26.2 Å². The maximum absolute atomic E-state index is 11.2. The Kier molecular flexibility index (Phi) is 4.93. The van der Waals surface area contributed by atoms with Crippen molar-refractivity contribution in [1.29, 1.82) is 0 Å². The zero-order chi connectivity index (χ0) is 13.7. The third-order valence-electron chi connectivity index (χ3n) is 3.37. The number of hydrogen-bond acceptors (Lipinski definition) is 4. The van der Waals surface area contributed by atoms with Crippen molar-refractivity contribution in [2.45, 2.75) is 45.4 Å². The van der Waals surface area contributed by atoms with Crippen LogP contribution in [0.2, 0.25) is 0 Å². The van der Waals surface area contributed by atoms with Gasteiger partial charge in [0.05, 0.1) is 19.8 Å². The topological polar surface area (TPSA) is 61.5 Å². The van der Waals surface area contributed by atoms with Crippen molar-refractivity contribution in [1.82, 2.24) is 0 Å². The summed E-state index contributed by atoms with van der Waals surface area (Å²) in [6, 6.07) is 6.24. The van der Waals surface area contributed by atoms with Crippen molar-refractivity contribution in [2.24, 2.45) is 5.73 Å². The molecule has 0 radical (unpaired) electrons. The van der Waals surface area contributed by atoms with Crippen LogP contribution in [0.3, 0.4) is 0 Å². The molecule has 4 nitrogen and oxygen atoms in total. The summed E-state index contributed by atoms with van der Waals surface area (Å²) in [6.45, 7) is 3.64. The second-order valence-electron chi connectivity index (χ2n) is 4.82. The number of esters is 1. The first-order chi connectivity index (χ1) is 9.20. The lowest BCUT2D eigenvalue weighted by atomic mass is 9.98. The number of nitrogens with two attached hydrogens (primary N) is 1. The van der Waals surface area contributed by atoms with Gasteiger partial charge in [0.15, 0.2) is 0 Å². The molecule has 1 aromatic rings. The van der Waals surface area contributed by atoms with Crippen LogP contribution in [0.15, 0.2) is 18.2 Å². The molecule has 0 fully saturated rings. The van der Waals surface area contributed by atoms with Gasteiger partial charge in [-0.15, -0.1) is 0 Å². The van der Waals surface area contributed by atoms with Crippen LogP contribution in [-0.4, -0.2) is 12.6 Å². The van der Waals surface area contributed by atoms with Gasteiger partial charge in [-0.2, -0.15) is 0 Å². The molecular weight excluding hydrogens is 242 g/mol. The van der Waals surface area contributed by atoms with Crippen LogP contribution in [-0.2, 0) is 27.5 Å². The van der Waals surface area contributed by atoms with Gasteiger partial charge in [0.2, 0.25) is 0 Å². The monoisotopic (exact) mass is 263 g/mol. The predicted octanol–water partition coefficient (Wildman–Crippen LogP) is 2.45. The molecule has 104 valence electrons. The second-order valence-corrected chi connectivity index (χ2v) is 4.82. The van der Waals surface area contributed by atoms with E-state index in [1.54, 1.807) is 0 Å². The SMILES string of the molecule is CCOC(=O)CCCC(N)c1ccc2c(c1)COC2. The Bertz CT molecular complexity index is 445. The van der Waals surface area contributed by atoms with E-state index in [9.17, 15) is 4.79 Å².